The van der Waals surface area contributed by atoms with Gasteiger partial charge in [-0.3, -0.25) is 0 Å². The quantitative estimate of drug-likeness (QED) is 0.608. The van der Waals surface area contributed by atoms with Crippen LogP contribution in [0.25, 0.3) is 0 Å². The normalized spacial score (nSPS) is 11.7. The average molecular weight is 388 g/mol. The van der Waals surface area contributed by atoms with E-state index >= 15 is 0 Å². The predicted octanol–water partition coefficient (Wildman–Crippen LogP) is 5.33. The molecule has 0 saturated heterocycles. The third-order valence-electron chi connectivity index (χ3n) is 3.27. The van der Waals surface area contributed by atoms with Crippen molar-refractivity contribution in [1.29, 1.82) is 0 Å². The van der Waals surface area contributed by atoms with Crippen molar-refractivity contribution in [1.82, 2.24) is 0 Å². The first-order valence-electron chi connectivity index (χ1n) is 5.92. The Kier molecular flexibility index (Phi) is 5.05. The summed E-state index contributed by atoms with van der Waals surface area (Å²) in [5.74, 6) is 0. The van der Waals surface area contributed by atoms with E-state index in [1.54, 1.807) is 0 Å². The molecule has 2 rings (SSSR count). The van der Waals surface area contributed by atoms with Crippen molar-refractivity contribution in [3.8, 4) is 0 Å². The van der Waals surface area contributed by atoms with Crippen LogP contribution in [0.15, 0.2) is 41.8 Å². The maximum Gasteiger partial charge on any atom is 0.0195 e. The first kappa shape index (κ1) is 14.3. The van der Waals surface area contributed by atoms with Gasteiger partial charge in [-0.1, -0.05) is 67.8 Å². The fraction of sp³-hybridized carbons (Fsp3) is 0.333. The molecule has 0 N–H and O–H groups in total. The molecule has 1 heterocycles. The van der Waals surface area contributed by atoms with Gasteiger partial charge in [0.2, 0.25) is 0 Å². The van der Waals surface area contributed by atoms with Gasteiger partial charge in [0, 0.05) is 21.0 Å². The molecule has 0 atom stereocenters. The molecule has 0 amide bonds. The monoisotopic (exact) mass is 386 g/mol. The molecule has 2 aromatic rings. The smallest absolute Gasteiger partial charge is 0.0195 e. The second-order valence-electron chi connectivity index (χ2n) is 4.67. The summed E-state index contributed by atoms with van der Waals surface area (Å²) in [6.45, 7) is 2.13. The van der Waals surface area contributed by atoms with Crippen LogP contribution in [0.1, 0.15) is 16.0 Å². The average Bonchev–Trinajstić information content (AvgIpc) is 2.90. The molecule has 0 bridgehead atoms. The summed E-state index contributed by atoms with van der Waals surface area (Å²) in [6, 6.07) is 13.3. The van der Waals surface area contributed by atoms with Crippen molar-refractivity contribution in [2.24, 2.45) is 0 Å². The van der Waals surface area contributed by atoms with E-state index in [9.17, 15) is 0 Å². The molecular weight excluding hydrogens is 372 g/mol. The zero-order valence-corrected chi connectivity index (χ0v) is 14.3. The standard InChI is InChI=1S/C15H16Br2S/c1-12-4-6-13(7-5-12)15(10-16,11-17)9-14-3-2-8-18-14/h2-8H,9-11H2,1H3. The van der Waals surface area contributed by atoms with Gasteiger partial charge < -0.3 is 0 Å². The van der Waals surface area contributed by atoms with Crippen LogP contribution in [0, 0.1) is 6.92 Å². The van der Waals surface area contributed by atoms with Gasteiger partial charge in [0.15, 0.2) is 0 Å². The summed E-state index contributed by atoms with van der Waals surface area (Å²) in [6.07, 6.45) is 1.07. The molecule has 0 unspecified atom stereocenters. The van der Waals surface area contributed by atoms with Crippen molar-refractivity contribution < 1.29 is 0 Å². The Balaban J connectivity index is 2.33. The van der Waals surface area contributed by atoms with Gasteiger partial charge >= 0.3 is 0 Å². The van der Waals surface area contributed by atoms with Gasteiger partial charge in [0.1, 0.15) is 0 Å². The number of alkyl halides is 2. The van der Waals surface area contributed by atoms with Crippen LogP contribution in [0.5, 0.6) is 0 Å². The van der Waals surface area contributed by atoms with Crippen molar-refractivity contribution in [2.75, 3.05) is 10.7 Å². The first-order chi connectivity index (χ1) is 8.70. The molecule has 0 spiro atoms. The van der Waals surface area contributed by atoms with E-state index < -0.39 is 0 Å². The second-order valence-corrected chi connectivity index (χ2v) is 6.82. The lowest BCUT2D eigenvalue weighted by Gasteiger charge is -2.30. The molecule has 18 heavy (non-hydrogen) atoms. The highest BCUT2D eigenvalue weighted by Gasteiger charge is 2.30. The van der Waals surface area contributed by atoms with E-state index in [1.807, 2.05) is 11.3 Å². The predicted molar refractivity (Wildman–Crippen MR) is 88.5 cm³/mol. The molecular formula is C15H16Br2S. The van der Waals surface area contributed by atoms with Gasteiger partial charge in [0.05, 0.1) is 0 Å². The summed E-state index contributed by atoms with van der Waals surface area (Å²) in [5.41, 5.74) is 2.85. The van der Waals surface area contributed by atoms with E-state index in [1.165, 1.54) is 16.0 Å². The lowest BCUT2D eigenvalue weighted by atomic mass is 9.81. The van der Waals surface area contributed by atoms with Crippen LogP contribution in [0.2, 0.25) is 0 Å². The van der Waals surface area contributed by atoms with E-state index in [4.69, 9.17) is 0 Å². The molecule has 1 aromatic carbocycles. The summed E-state index contributed by atoms with van der Waals surface area (Å²) in [4.78, 5) is 1.44. The summed E-state index contributed by atoms with van der Waals surface area (Å²) >= 11 is 9.25. The molecule has 1 aromatic heterocycles. The summed E-state index contributed by atoms with van der Waals surface area (Å²) in [5, 5.41) is 4.08. The highest BCUT2D eigenvalue weighted by Crippen LogP contribution is 2.34. The molecule has 0 aliphatic carbocycles. The zero-order chi connectivity index (χ0) is 13.0. The van der Waals surface area contributed by atoms with E-state index in [2.05, 4.69) is 80.6 Å². The highest BCUT2D eigenvalue weighted by atomic mass is 79.9. The number of aryl methyl sites for hydroxylation is 1. The number of benzene rings is 1. The minimum atomic E-state index is 0.137. The van der Waals surface area contributed by atoms with E-state index in [0.717, 1.165) is 17.1 Å². The maximum atomic E-state index is 3.71. The number of hydrogen-bond donors (Lipinski definition) is 0. The largest absolute Gasteiger partial charge is 0.149 e. The maximum absolute atomic E-state index is 3.71. The van der Waals surface area contributed by atoms with Gasteiger partial charge in [0.25, 0.3) is 0 Å². The fourth-order valence-corrected chi connectivity index (χ4v) is 4.86. The minimum Gasteiger partial charge on any atom is -0.149 e. The van der Waals surface area contributed by atoms with Crippen LogP contribution < -0.4 is 0 Å². The molecule has 0 aliphatic rings. The Morgan fingerprint density at radius 3 is 2.22 bits per heavy atom. The van der Waals surface area contributed by atoms with Crippen molar-refractivity contribution >= 4 is 43.2 Å². The summed E-state index contributed by atoms with van der Waals surface area (Å²) in [7, 11) is 0. The van der Waals surface area contributed by atoms with E-state index in [0.29, 0.717) is 0 Å². The SMILES string of the molecule is Cc1ccc(C(CBr)(CBr)Cc2cccs2)cc1. The van der Waals surface area contributed by atoms with Crippen LogP contribution in [-0.4, -0.2) is 10.7 Å². The van der Waals surface area contributed by atoms with Crippen LogP contribution in [-0.2, 0) is 11.8 Å². The minimum absolute atomic E-state index is 0.137. The number of thiophene rings is 1. The number of rotatable bonds is 5. The number of hydrogen-bond acceptors (Lipinski definition) is 1. The third kappa shape index (κ3) is 3.06. The van der Waals surface area contributed by atoms with Gasteiger partial charge in [-0.25, -0.2) is 0 Å². The molecule has 3 heteroatoms. The molecule has 0 radical (unpaired) electrons. The topological polar surface area (TPSA) is 0 Å². The van der Waals surface area contributed by atoms with Crippen molar-refractivity contribution in [3.63, 3.8) is 0 Å². The lowest BCUT2D eigenvalue weighted by molar-refractivity contribution is 0.556. The Bertz CT molecular complexity index is 470. The first-order valence-corrected chi connectivity index (χ1v) is 9.04. The molecule has 96 valence electrons. The van der Waals surface area contributed by atoms with E-state index in [-0.39, 0.29) is 5.41 Å². The lowest BCUT2D eigenvalue weighted by Crippen LogP contribution is -2.32. The Morgan fingerprint density at radius 2 is 1.72 bits per heavy atom. The fourth-order valence-electron chi connectivity index (χ4n) is 2.04. The van der Waals surface area contributed by atoms with Crippen molar-refractivity contribution in [2.45, 2.75) is 18.8 Å². The Hall–Kier alpha value is -0.120. The molecule has 0 nitrogen and oxygen atoms in total. The molecule has 0 fully saturated rings. The van der Waals surface area contributed by atoms with Crippen LogP contribution in [0.3, 0.4) is 0 Å². The van der Waals surface area contributed by atoms with Crippen LogP contribution >= 0.6 is 43.2 Å². The second kappa shape index (κ2) is 6.36. The zero-order valence-electron chi connectivity index (χ0n) is 10.3. The van der Waals surface area contributed by atoms with Gasteiger partial charge in [-0.05, 0) is 30.4 Å². The molecule has 0 aliphatic heterocycles. The third-order valence-corrected chi connectivity index (χ3v) is 6.29. The van der Waals surface area contributed by atoms with Crippen LogP contribution in [0.4, 0.5) is 0 Å². The highest BCUT2D eigenvalue weighted by molar-refractivity contribution is 9.09. The summed E-state index contributed by atoms with van der Waals surface area (Å²) < 4.78 is 0. The Labute approximate surface area is 130 Å². The van der Waals surface area contributed by atoms with Gasteiger partial charge in [-0.15, -0.1) is 11.3 Å². The van der Waals surface area contributed by atoms with Gasteiger partial charge in [-0.2, -0.15) is 0 Å². The molecule has 0 saturated carbocycles. The Morgan fingerprint density at radius 1 is 1.06 bits per heavy atom. The van der Waals surface area contributed by atoms with Crippen molar-refractivity contribution in [3.05, 3.63) is 57.8 Å². The number of halogens is 2.